The summed E-state index contributed by atoms with van der Waals surface area (Å²) < 4.78 is 0. The van der Waals surface area contributed by atoms with E-state index >= 15 is 0 Å². The number of nitrogens with one attached hydrogen (secondary N) is 1. The van der Waals surface area contributed by atoms with Crippen LogP contribution < -0.4 is 5.32 Å². The van der Waals surface area contributed by atoms with Crippen molar-refractivity contribution < 1.29 is 4.92 Å². The lowest BCUT2D eigenvalue weighted by atomic mass is 10.2. The Morgan fingerprint density at radius 1 is 1.33 bits per heavy atom. The van der Waals surface area contributed by atoms with Crippen LogP contribution in [-0.2, 0) is 6.54 Å². The smallest absolute Gasteiger partial charge is 0.271 e. The molecule has 1 aromatic carbocycles. The number of nitro benzene ring substituents is 1. The predicted molar refractivity (Wildman–Crippen MR) is 69.4 cm³/mol. The van der Waals surface area contributed by atoms with E-state index in [1.165, 1.54) is 12.1 Å². The van der Waals surface area contributed by atoms with Crippen molar-refractivity contribution in [2.45, 2.75) is 13.5 Å². The zero-order valence-corrected chi connectivity index (χ0v) is 9.96. The van der Waals surface area contributed by atoms with Crippen LogP contribution in [0.15, 0.2) is 42.6 Å². The number of anilines is 1. The number of aryl methyl sites for hydroxylation is 1. The average Bonchev–Trinajstić information content (AvgIpc) is 2.38. The molecule has 1 N–H and O–H groups in total. The van der Waals surface area contributed by atoms with E-state index < -0.39 is 4.92 Å². The van der Waals surface area contributed by atoms with Crippen LogP contribution in [0, 0.1) is 17.0 Å². The molecule has 1 heterocycles. The van der Waals surface area contributed by atoms with E-state index in [0.717, 1.165) is 11.3 Å². The second kappa shape index (κ2) is 5.27. The Morgan fingerprint density at radius 3 is 2.83 bits per heavy atom. The standard InChI is InChI=1S/C13H13N3O2/c1-10-5-6-12(14-8-10)9-15-11-3-2-4-13(7-11)16(17)18/h2-8,15H,9H2,1H3. The molecule has 0 radical (unpaired) electrons. The molecule has 0 fully saturated rings. The normalized spacial score (nSPS) is 10.1. The maximum atomic E-state index is 10.6. The molecule has 5 nitrogen and oxygen atoms in total. The Labute approximate surface area is 105 Å². The van der Waals surface area contributed by atoms with Gasteiger partial charge in [0.2, 0.25) is 0 Å². The SMILES string of the molecule is Cc1ccc(CNc2cccc([N+](=O)[O-])c2)nc1. The molecule has 0 spiro atoms. The summed E-state index contributed by atoms with van der Waals surface area (Å²) >= 11 is 0. The Bertz CT molecular complexity index is 552. The molecule has 0 aliphatic rings. The fourth-order valence-electron chi connectivity index (χ4n) is 1.53. The molecule has 0 bridgehead atoms. The van der Waals surface area contributed by atoms with E-state index in [-0.39, 0.29) is 5.69 Å². The van der Waals surface area contributed by atoms with Crippen LogP contribution in [0.3, 0.4) is 0 Å². The van der Waals surface area contributed by atoms with Crippen LogP contribution in [0.25, 0.3) is 0 Å². The average molecular weight is 243 g/mol. The molecule has 18 heavy (non-hydrogen) atoms. The van der Waals surface area contributed by atoms with Crippen molar-refractivity contribution in [2.75, 3.05) is 5.32 Å². The highest BCUT2D eigenvalue weighted by Crippen LogP contribution is 2.17. The van der Waals surface area contributed by atoms with E-state index in [4.69, 9.17) is 0 Å². The van der Waals surface area contributed by atoms with E-state index in [1.54, 1.807) is 18.3 Å². The Balaban J connectivity index is 2.04. The van der Waals surface area contributed by atoms with Crippen LogP contribution in [0.1, 0.15) is 11.3 Å². The number of non-ortho nitro benzene ring substituents is 1. The molecule has 0 aliphatic carbocycles. The zero-order valence-electron chi connectivity index (χ0n) is 9.96. The van der Waals surface area contributed by atoms with Gasteiger partial charge in [-0.25, -0.2) is 0 Å². The third-order valence-corrected chi connectivity index (χ3v) is 2.50. The Kier molecular flexibility index (Phi) is 3.52. The van der Waals surface area contributed by atoms with Crippen LogP contribution in [0.5, 0.6) is 0 Å². The first kappa shape index (κ1) is 12.0. The Morgan fingerprint density at radius 2 is 2.17 bits per heavy atom. The lowest BCUT2D eigenvalue weighted by Gasteiger charge is -2.05. The molecule has 0 aliphatic heterocycles. The van der Waals surface area contributed by atoms with Crippen molar-refractivity contribution in [3.8, 4) is 0 Å². The van der Waals surface area contributed by atoms with Gasteiger partial charge >= 0.3 is 0 Å². The minimum absolute atomic E-state index is 0.0804. The predicted octanol–water partition coefficient (Wildman–Crippen LogP) is 2.91. The molecule has 5 heteroatoms. The van der Waals surface area contributed by atoms with Crippen molar-refractivity contribution in [1.82, 2.24) is 4.98 Å². The van der Waals surface area contributed by atoms with Gasteiger partial charge in [0.25, 0.3) is 5.69 Å². The van der Waals surface area contributed by atoms with Crippen LogP contribution in [-0.4, -0.2) is 9.91 Å². The summed E-state index contributed by atoms with van der Waals surface area (Å²) in [6, 6.07) is 10.3. The van der Waals surface area contributed by atoms with Gasteiger partial charge in [-0.05, 0) is 24.6 Å². The van der Waals surface area contributed by atoms with Gasteiger partial charge < -0.3 is 5.32 Å². The summed E-state index contributed by atoms with van der Waals surface area (Å²) in [5.41, 5.74) is 2.80. The second-order valence-electron chi connectivity index (χ2n) is 3.99. The maximum Gasteiger partial charge on any atom is 0.271 e. The van der Waals surface area contributed by atoms with Gasteiger partial charge in [0.1, 0.15) is 0 Å². The molecule has 0 atom stereocenters. The summed E-state index contributed by atoms with van der Waals surface area (Å²) in [4.78, 5) is 14.5. The third-order valence-electron chi connectivity index (χ3n) is 2.50. The van der Waals surface area contributed by atoms with Crippen molar-refractivity contribution >= 4 is 11.4 Å². The number of aromatic nitrogens is 1. The fourth-order valence-corrected chi connectivity index (χ4v) is 1.53. The summed E-state index contributed by atoms with van der Waals surface area (Å²) in [5, 5.41) is 13.7. The molecule has 0 saturated carbocycles. The van der Waals surface area contributed by atoms with Gasteiger partial charge in [0.15, 0.2) is 0 Å². The topological polar surface area (TPSA) is 68.1 Å². The van der Waals surface area contributed by atoms with E-state index in [1.807, 2.05) is 19.1 Å². The number of nitro groups is 1. The van der Waals surface area contributed by atoms with Gasteiger partial charge in [0.05, 0.1) is 17.2 Å². The second-order valence-corrected chi connectivity index (χ2v) is 3.99. The number of pyridine rings is 1. The lowest BCUT2D eigenvalue weighted by molar-refractivity contribution is -0.384. The van der Waals surface area contributed by atoms with Gasteiger partial charge in [-0.2, -0.15) is 0 Å². The third kappa shape index (κ3) is 3.04. The quantitative estimate of drug-likeness (QED) is 0.662. The number of hydrogen-bond donors (Lipinski definition) is 1. The molecule has 0 amide bonds. The highest BCUT2D eigenvalue weighted by Gasteiger charge is 2.05. The number of rotatable bonds is 4. The van der Waals surface area contributed by atoms with E-state index in [2.05, 4.69) is 10.3 Å². The monoisotopic (exact) mass is 243 g/mol. The molecule has 0 saturated heterocycles. The van der Waals surface area contributed by atoms with Crippen molar-refractivity contribution in [2.24, 2.45) is 0 Å². The van der Waals surface area contributed by atoms with Gasteiger partial charge in [-0.1, -0.05) is 12.1 Å². The molecule has 92 valence electrons. The number of benzene rings is 1. The fraction of sp³-hybridized carbons (Fsp3) is 0.154. The van der Waals surface area contributed by atoms with Crippen molar-refractivity contribution in [3.05, 3.63) is 64.0 Å². The van der Waals surface area contributed by atoms with Crippen molar-refractivity contribution in [3.63, 3.8) is 0 Å². The summed E-state index contributed by atoms with van der Waals surface area (Å²) in [6.45, 7) is 2.52. The van der Waals surface area contributed by atoms with Gasteiger partial charge in [-0.3, -0.25) is 15.1 Å². The molecule has 1 aromatic heterocycles. The minimum atomic E-state index is -0.407. The van der Waals surface area contributed by atoms with Gasteiger partial charge in [-0.15, -0.1) is 0 Å². The lowest BCUT2D eigenvalue weighted by Crippen LogP contribution is -2.01. The summed E-state index contributed by atoms with van der Waals surface area (Å²) in [5.74, 6) is 0. The molecule has 2 rings (SSSR count). The molecular weight excluding hydrogens is 230 g/mol. The van der Waals surface area contributed by atoms with Crippen LogP contribution in [0.2, 0.25) is 0 Å². The number of nitrogens with zero attached hydrogens (tertiary/aromatic N) is 2. The van der Waals surface area contributed by atoms with Crippen LogP contribution >= 0.6 is 0 Å². The first-order chi connectivity index (χ1) is 8.65. The van der Waals surface area contributed by atoms with E-state index in [9.17, 15) is 10.1 Å². The maximum absolute atomic E-state index is 10.6. The van der Waals surface area contributed by atoms with E-state index in [0.29, 0.717) is 12.2 Å². The first-order valence-electron chi connectivity index (χ1n) is 5.55. The summed E-state index contributed by atoms with van der Waals surface area (Å²) in [6.07, 6.45) is 1.80. The van der Waals surface area contributed by atoms with Gasteiger partial charge in [0, 0.05) is 24.0 Å². The minimum Gasteiger partial charge on any atom is -0.379 e. The van der Waals surface area contributed by atoms with Crippen LogP contribution in [0.4, 0.5) is 11.4 Å². The Hall–Kier alpha value is -2.43. The molecule has 0 unspecified atom stereocenters. The highest BCUT2D eigenvalue weighted by atomic mass is 16.6. The highest BCUT2D eigenvalue weighted by molar-refractivity contribution is 5.51. The molecule has 2 aromatic rings. The largest absolute Gasteiger partial charge is 0.379 e. The zero-order chi connectivity index (χ0) is 13.0. The summed E-state index contributed by atoms with van der Waals surface area (Å²) in [7, 11) is 0. The van der Waals surface area contributed by atoms with Crippen molar-refractivity contribution in [1.29, 1.82) is 0 Å². The first-order valence-corrected chi connectivity index (χ1v) is 5.55. The number of hydrogen-bond acceptors (Lipinski definition) is 4. The molecular formula is C13H13N3O2.